The summed E-state index contributed by atoms with van der Waals surface area (Å²) in [6, 6.07) is 8.54. The van der Waals surface area contributed by atoms with Gasteiger partial charge in [0.2, 0.25) is 11.8 Å². The predicted octanol–water partition coefficient (Wildman–Crippen LogP) is 2.31. The standard InChI is InChI=1S/C17H15FN4O5/c18-12-1-3-13(4-2-12)20-16(24)7-8-17(25)21-19-10-11-9-14(22(26)27)5-6-15(11)23/h1-6,9-10,23H,7-8H2,(H,20,24)(H,21,25)/b19-10-. The van der Waals surface area contributed by atoms with Crippen LogP contribution < -0.4 is 10.7 Å². The molecule has 0 aliphatic carbocycles. The van der Waals surface area contributed by atoms with Crippen LogP contribution >= 0.6 is 0 Å². The van der Waals surface area contributed by atoms with Crippen LogP contribution in [-0.4, -0.2) is 28.1 Å². The van der Waals surface area contributed by atoms with Crippen LogP contribution in [0, 0.1) is 15.9 Å². The van der Waals surface area contributed by atoms with Crippen LogP contribution in [0.25, 0.3) is 0 Å². The van der Waals surface area contributed by atoms with Gasteiger partial charge in [0, 0.05) is 36.2 Å². The SMILES string of the molecule is O=C(CCC(=O)Nc1ccc(F)cc1)N/N=C\c1cc([N+](=O)[O-])ccc1O. The van der Waals surface area contributed by atoms with Crippen LogP contribution in [0.2, 0.25) is 0 Å². The average Bonchev–Trinajstić information content (AvgIpc) is 2.63. The highest BCUT2D eigenvalue weighted by Crippen LogP contribution is 2.21. The molecule has 0 aliphatic rings. The Labute approximate surface area is 152 Å². The molecule has 0 spiro atoms. The first kappa shape index (κ1) is 19.5. The van der Waals surface area contributed by atoms with Gasteiger partial charge in [-0.2, -0.15) is 5.10 Å². The lowest BCUT2D eigenvalue weighted by molar-refractivity contribution is -0.384. The molecule has 0 bridgehead atoms. The van der Waals surface area contributed by atoms with Crippen molar-refractivity contribution < 1.29 is 24.0 Å². The third-order valence-electron chi connectivity index (χ3n) is 3.32. The molecule has 0 radical (unpaired) electrons. The summed E-state index contributed by atoms with van der Waals surface area (Å²) in [7, 11) is 0. The van der Waals surface area contributed by atoms with Crippen molar-refractivity contribution in [2.45, 2.75) is 12.8 Å². The molecule has 0 saturated heterocycles. The van der Waals surface area contributed by atoms with Crippen molar-refractivity contribution >= 4 is 29.4 Å². The Hall–Kier alpha value is -3.82. The topological polar surface area (TPSA) is 134 Å². The molecule has 2 amide bonds. The first-order valence-corrected chi connectivity index (χ1v) is 7.70. The van der Waals surface area contributed by atoms with Crippen molar-refractivity contribution in [1.29, 1.82) is 0 Å². The molecule has 27 heavy (non-hydrogen) atoms. The molecule has 3 N–H and O–H groups in total. The summed E-state index contributed by atoms with van der Waals surface area (Å²) in [6.45, 7) is 0. The number of nitro groups is 1. The number of rotatable bonds is 7. The van der Waals surface area contributed by atoms with Gasteiger partial charge < -0.3 is 10.4 Å². The lowest BCUT2D eigenvalue weighted by Gasteiger charge is -2.04. The van der Waals surface area contributed by atoms with Crippen LogP contribution in [-0.2, 0) is 9.59 Å². The van der Waals surface area contributed by atoms with E-state index in [4.69, 9.17) is 0 Å². The van der Waals surface area contributed by atoms with Gasteiger partial charge >= 0.3 is 0 Å². The Kier molecular flexibility index (Phi) is 6.53. The number of amides is 2. The third-order valence-corrected chi connectivity index (χ3v) is 3.32. The van der Waals surface area contributed by atoms with E-state index in [1.54, 1.807) is 0 Å². The van der Waals surface area contributed by atoms with Crippen molar-refractivity contribution in [2.24, 2.45) is 5.10 Å². The summed E-state index contributed by atoms with van der Waals surface area (Å²) in [4.78, 5) is 33.5. The largest absolute Gasteiger partial charge is 0.507 e. The fourth-order valence-electron chi connectivity index (χ4n) is 1.97. The van der Waals surface area contributed by atoms with E-state index >= 15 is 0 Å². The second-order valence-corrected chi connectivity index (χ2v) is 5.35. The van der Waals surface area contributed by atoms with Gasteiger partial charge in [0.25, 0.3) is 5.69 Å². The molecule has 2 rings (SSSR count). The Bertz CT molecular complexity index is 883. The number of nitro benzene ring substituents is 1. The molecule has 0 atom stereocenters. The number of halogens is 1. The van der Waals surface area contributed by atoms with E-state index in [0.29, 0.717) is 5.69 Å². The lowest BCUT2D eigenvalue weighted by atomic mass is 10.2. The van der Waals surface area contributed by atoms with Gasteiger partial charge in [0.1, 0.15) is 11.6 Å². The summed E-state index contributed by atoms with van der Waals surface area (Å²) in [5, 5.41) is 26.4. The molecular weight excluding hydrogens is 359 g/mol. The summed E-state index contributed by atoms with van der Waals surface area (Å²) in [6.07, 6.45) is 0.769. The highest BCUT2D eigenvalue weighted by atomic mass is 19.1. The maximum Gasteiger partial charge on any atom is 0.270 e. The highest BCUT2D eigenvalue weighted by molar-refractivity contribution is 5.93. The molecular formula is C17H15FN4O5. The minimum absolute atomic E-state index is 0.0542. The highest BCUT2D eigenvalue weighted by Gasteiger charge is 2.09. The molecule has 140 valence electrons. The number of anilines is 1. The fraction of sp³-hybridized carbons (Fsp3) is 0.118. The normalized spacial score (nSPS) is 10.6. The average molecular weight is 374 g/mol. The number of benzene rings is 2. The van der Waals surface area contributed by atoms with Gasteiger partial charge in [-0.1, -0.05) is 0 Å². The maximum absolute atomic E-state index is 12.8. The summed E-state index contributed by atoms with van der Waals surface area (Å²) in [5.74, 6) is -1.67. The first-order chi connectivity index (χ1) is 12.8. The molecule has 0 aromatic heterocycles. The van der Waals surface area contributed by atoms with Gasteiger partial charge in [0.15, 0.2) is 0 Å². The van der Waals surface area contributed by atoms with Gasteiger partial charge in [-0.05, 0) is 30.3 Å². The Morgan fingerprint density at radius 2 is 1.81 bits per heavy atom. The van der Waals surface area contributed by atoms with Crippen LogP contribution in [0.15, 0.2) is 47.6 Å². The Morgan fingerprint density at radius 1 is 1.15 bits per heavy atom. The Morgan fingerprint density at radius 3 is 2.48 bits per heavy atom. The number of phenolic OH excluding ortho intramolecular Hbond substituents is 1. The van der Waals surface area contributed by atoms with E-state index < -0.39 is 22.6 Å². The first-order valence-electron chi connectivity index (χ1n) is 7.70. The van der Waals surface area contributed by atoms with Crippen LogP contribution in [0.1, 0.15) is 18.4 Å². The van der Waals surface area contributed by atoms with Crippen molar-refractivity contribution in [3.05, 3.63) is 64.0 Å². The van der Waals surface area contributed by atoms with Crippen molar-refractivity contribution in [3.63, 3.8) is 0 Å². The summed E-state index contributed by atoms with van der Waals surface area (Å²) < 4.78 is 12.8. The predicted molar refractivity (Wildman–Crippen MR) is 94.8 cm³/mol. The number of carbonyl (C=O) groups is 2. The number of non-ortho nitro benzene ring substituents is 1. The number of carbonyl (C=O) groups excluding carboxylic acids is 2. The van der Waals surface area contributed by atoms with Gasteiger partial charge in [-0.15, -0.1) is 0 Å². The second kappa shape index (κ2) is 9.04. The number of phenols is 1. The maximum atomic E-state index is 12.8. The molecule has 0 unspecified atom stereocenters. The molecule has 2 aromatic rings. The number of nitrogens with one attached hydrogen (secondary N) is 2. The smallest absolute Gasteiger partial charge is 0.270 e. The summed E-state index contributed by atoms with van der Waals surface area (Å²) in [5.41, 5.74) is 2.37. The zero-order valence-corrected chi connectivity index (χ0v) is 13.9. The van der Waals surface area contributed by atoms with Crippen LogP contribution in [0.3, 0.4) is 0 Å². The van der Waals surface area contributed by atoms with E-state index in [2.05, 4.69) is 15.8 Å². The molecule has 2 aromatic carbocycles. The monoisotopic (exact) mass is 374 g/mol. The molecule has 0 aliphatic heterocycles. The van der Waals surface area contributed by atoms with Crippen molar-refractivity contribution in [2.75, 3.05) is 5.32 Å². The number of aromatic hydroxyl groups is 1. The van der Waals surface area contributed by atoms with E-state index in [-0.39, 0.29) is 29.8 Å². The molecule has 10 heteroatoms. The quantitative estimate of drug-likeness (QED) is 0.388. The van der Waals surface area contributed by atoms with Crippen LogP contribution in [0.4, 0.5) is 15.8 Å². The molecule has 0 fully saturated rings. The van der Waals surface area contributed by atoms with E-state index in [1.165, 1.54) is 24.3 Å². The second-order valence-electron chi connectivity index (χ2n) is 5.35. The lowest BCUT2D eigenvalue weighted by Crippen LogP contribution is -2.20. The van der Waals surface area contributed by atoms with Crippen molar-refractivity contribution in [3.8, 4) is 5.75 Å². The number of nitrogens with zero attached hydrogens (tertiary/aromatic N) is 2. The minimum atomic E-state index is -0.630. The fourth-order valence-corrected chi connectivity index (χ4v) is 1.97. The molecule has 9 nitrogen and oxygen atoms in total. The summed E-state index contributed by atoms with van der Waals surface area (Å²) >= 11 is 0. The number of hydrogen-bond donors (Lipinski definition) is 3. The zero-order valence-electron chi connectivity index (χ0n) is 13.9. The Balaban J connectivity index is 1.81. The number of hydrazone groups is 1. The molecule has 0 heterocycles. The zero-order chi connectivity index (χ0) is 19.8. The van der Waals surface area contributed by atoms with E-state index in [0.717, 1.165) is 24.4 Å². The van der Waals surface area contributed by atoms with Gasteiger partial charge in [-0.25, -0.2) is 9.82 Å². The van der Waals surface area contributed by atoms with E-state index in [9.17, 15) is 29.2 Å². The third kappa shape index (κ3) is 6.20. The molecule has 0 saturated carbocycles. The minimum Gasteiger partial charge on any atom is -0.507 e. The van der Waals surface area contributed by atoms with Crippen molar-refractivity contribution in [1.82, 2.24) is 5.43 Å². The van der Waals surface area contributed by atoms with Gasteiger partial charge in [-0.3, -0.25) is 19.7 Å². The number of hydrogen-bond acceptors (Lipinski definition) is 6. The van der Waals surface area contributed by atoms with E-state index in [1.807, 2.05) is 0 Å². The van der Waals surface area contributed by atoms with Crippen LogP contribution in [0.5, 0.6) is 5.75 Å². The van der Waals surface area contributed by atoms with Gasteiger partial charge in [0.05, 0.1) is 11.1 Å².